The summed E-state index contributed by atoms with van der Waals surface area (Å²) in [5.41, 5.74) is 12.3. The molecule has 168 valence electrons. The van der Waals surface area contributed by atoms with E-state index >= 15 is 0 Å². The standard InChI is InChI=1S/C27H24N6O/c28-26(15-27(34,16-26)20-10-11-20)19-8-6-18(7-9-19)24-23(17-4-2-1-3-5-17)31-21-14-29-22-12-13-30-33(22)25(21)32-24/h1-9,12-14,20,34H,10-11,15-16,28H2/t26-,27-. The van der Waals surface area contributed by atoms with E-state index in [-0.39, 0.29) is 0 Å². The molecule has 0 saturated heterocycles. The predicted molar refractivity (Wildman–Crippen MR) is 130 cm³/mol. The van der Waals surface area contributed by atoms with Gasteiger partial charge in [-0.3, -0.25) is 0 Å². The highest BCUT2D eigenvalue weighted by Crippen LogP contribution is 2.57. The fourth-order valence-electron chi connectivity index (χ4n) is 5.48. The van der Waals surface area contributed by atoms with Gasteiger partial charge in [-0.1, -0.05) is 54.6 Å². The molecule has 3 heterocycles. The summed E-state index contributed by atoms with van der Waals surface area (Å²) < 4.78 is 1.72. The molecule has 34 heavy (non-hydrogen) atoms. The maximum atomic E-state index is 10.8. The summed E-state index contributed by atoms with van der Waals surface area (Å²) in [6, 6.07) is 20.2. The van der Waals surface area contributed by atoms with E-state index in [2.05, 4.69) is 34.3 Å². The molecule has 0 aliphatic heterocycles. The molecule has 7 nitrogen and oxygen atoms in total. The molecule has 3 aromatic heterocycles. The van der Waals surface area contributed by atoms with Gasteiger partial charge < -0.3 is 10.8 Å². The molecule has 2 saturated carbocycles. The largest absolute Gasteiger partial charge is 0.389 e. The molecule has 7 heteroatoms. The molecule has 2 aliphatic carbocycles. The Morgan fingerprint density at radius 1 is 0.882 bits per heavy atom. The molecular weight excluding hydrogens is 424 g/mol. The van der Waals surface area contributed by atoms with Crippen LogP contribution in [0.15, 0.2) is 73.1 Å². The predicted octanol–water partition coefficient (Wildman–Crippen LogP) is 4.10. The van der Waals surface area contributed by atoms with Gasteiger partial charge in [-0.15, -0.1) is 0 Å². The first-order valence-corrected chi connectivity index (χ1v) is 11.7. The third-order valence-electron chi connectivity index (χ3n) is 7.41. The molecule has 3 N–H and O–H groups in total. The average Bonchev–Trinajstić information content (AvgIpc) is 3.60. The van der Waals surface area contributed by atoms with Gasteiger partial charge in [0.2, 0.25) is 0 Å². The van der Waals surface area contributed by atoms with E-state index in [4.69, 9.17) is 15.7 Å². The quantitative estimate of drug-likeness (QED) is 0.429. The molecule has 2 aromatic carbocycles. The summed E-state index contributed by atoms with van der Waals surface area (Å²) in [7, 11) is 0. The average molecular weight is 449 g/mol. The Bertz CT molecular complexity index is 1530. The highest BCUT2D eigenvalue weighted by molar-refractivity contribution is 5.85. The van der Waals surface area contributed by atoms with Gasteiger partial charge in [0.05, 0.1) is 29.4 Å². The summed E-state index contributed by atoms with van der Waals surface area (Å²) in [5, 5.41) is 15.2. The second-order valence-corrected chi connectivity index (χ2v) is 9.82. The van der Waals surface area contributed by atoms with E-state index in [0.717, 1.165) is 46.6 Å². The molecular formula is C27H24N6O. The van der Waals surface area contributed by atoms with Crippen molar-refractivity contribution in [3.05, 3.63) is 78.6 Å². The maximum Gasteiger partial charge on any atom is 0.184 e. The Labute approximate surface area is 196 Å². The second kappa shape index (κ2) is 6.91. The zero-order chi connectivity index (χ0) is 22.9. The van der Waals surface area contributed by atoms with Crippen molar-refractivity contribution in [3.8, 4) is 22.5 Å². The molecule has 2 aliphatic rings. The minimum absolute atomic E-state index is 0.429. The lowest BCUT2D eigenvalue weighted by Crippen LogP contribution is -2.60. The lowest BCUT2D eigenvalue weighted by Gasteiger charge is -2.52. The van der Waals surface area contributed by atoms with Gasteiger partial charge in [-0.2, -0.15) is 9.61 Å². The van der Waals surface area contributed by atoms with Crippen molar-refractivity contribution in [3.63, 3.8) is 0 Å². The first kappa shape index (κ1) is 19.8. The van der Waals surface area contributed by atoms with Crippen LogP contribution in [0.2, 0.25) is 0 Å². The van der Waals surface area contributed by atoms with Crippen LogP contribution in [0.3, 0.4) is 0 Å². The number of fused-ring (bicyclic) bond motifs is 3. The van der Waals surface area contributed by atoms with Crippen molar-refractivity contribution in [1.29, 1.82) is 0 Å². The number of hydrogen-bond donors (Lipinski definition) is 2. The zero-order valence-corrected chi connectivity index (χ0v) is 18.6. The van der Waals surface area contributed by atoms with Gasteiger partial charge in [-0.05, 0) is 37.2 Å². The van der Waals surface area contributed by atoms with Crippen molar-refractivity contribution in [2.75, 3.05) is 0 Å². The minimum Gasteiger partial charge on any atom is -0.389 e. The number of nitrogens with two attached hydrogens (primary N) is 1. The normalized spacial score (nSPS) is 24.4. The van der Waals surface area contributed by atoms with Crippen LogP contribution in [-0.2, 0) is 5.54 Å². The molecule has 5 aromatic rings. The van der Waals surface area contributed by atoms with Crippen LogP contribution in [-0.4, -0.2) is 35.3 Å². The van der Waals surface area contributed by atoms with E-state index < -0.39 is 11.1 Å². The Balaban J connectivity index is 1.34. The summed E-state index contributed by atoms with van der Waals surface area (Å²) in [4.78, 5) is 14.4. The summed E-state index contributed by atoms with van der Waals surface area (Å²) in [5.74, 6) is 0.429. The Morgan fingerprint density at radius 3 is 2.32 bits per heavy atom. The Hall–Kier alpha value is -3.68. The van der Waals surface area contributed by atoms with Crippen molar-refractivity contribution in [2.24, 2.45) is 11.7 Å². The Kier molecular flexibility index (Phi) is 4.02. The van der Waals surface area contributed by atoms with Crippen LogP contribution in [0, 0.1) is 5.92 Å². The first-order chi connectivity index (χ1) is 16.5. The highest BCUT2D eigenvalue weighted by atomic mass is 16.3. The van der Waals surface area contributed by atoms with Crippen LogP contribution in [0.25, 0.3) is 39.3 Å². The van der Waals surface area contributed by atoms with Crippen molar-refractivity contribution in [2.45, 2.75) is 36.8 Å². The molecule has 0 atom stereocenters. The summed E-state index contributed by atoms with van der Waals surface area (Å²) >= 11 is 0. The van der Waals surface area contributed by atoms with Crippen LogP contribution < -0.4 is 5.73 Å². The van der Waals surface area contributed by atoms with Gasteiger partial charge >= 0.3 is 0 Å². The number of aromatic nitrogens is 5. The van der Waals surface area contributed by atoms with Gasteiger partial charge in [0.25, 0.3) is 0 Å². The lowest BCUT2D eigenvalue weighted by atomic mass is 9.60. The fourth-order valence-corrected chi connectivity index (χ4v) is 5.48. The SMILES string of the molecule is N[C@]1(c2ccc(-c3nc4c(cnc5ccnn54)nc3-c3ccccc3)cc2)C[C@](O)(C2CC2)C1. The van der Waals surface area contributed by atoms with E-state index in [0.29, 0.717) is 29.9 Å². The second-order valence-electron chi connectivity index (χ2n) is 9.82. The number of hydrogen-bond acceptors (Lipinski definition) is 6. The third-order valence-corrected chi connectivity index (χ3v) is 7.41. The van der Waals surface area contributed by atoms with Crippen LogP contribution >= 0.6 is 0 Å². The van der Waals surface area contributed by atoms with E-state index in [1.165, 1.54) is 0 Å². The van der Waals surface area contributed by atoms with E-state index in [1.54, 1.807) is 16.9 Å². The molecule has 2 fully saturated rings. The Morgan fingerprint density at radius 2 is 1.59 bits per heavy atom. The lowest BCUT2D eigenvalue weighted by molar-refractivity contribution is -0.106. The monoisotopic (exact) mass is 448 g/mol. The molecule has 0 unspecified atom stereocenters. The molecule has 7 rings (SSSR count). The fraction of sp³-hybridized carbons (Fsp3) is 0.259. The first-order valence-electron chi connectivity index (χ1n) is 11.7. The highest BCUT2D eigenvalue weighted by Gasteiger charge is 2.58. The van der Waals surface area contributed by atoms with Crippen LogP contribution in [0.5, 0.6) is 0 Å². The number of benzene rings is 2. The van der Waals surface area contributed by atoms with Crippen molar-refractivity contribution >= 4 is 16.8 Å². The zero-order valence-electron chi connectivity index (χ0n) is 18.6. The number of nitrogens with zero attached hydrogens (tertiary/aromatic N) is 5. The summed E-state index contributed by atoms with van der Waals surface area (Å²) in [6.07, 6.45) is 6.94. The van der Waals surface area contributed by atoms with E-state index in [9.17, 15) is 5.11 Å². The van der Waals surface area contributed by atoms with Crippen molar-refractivity contribution in [1.82, 2.24) is 24.6 Å². The smallest absolute Gasteiger partial charge is 0.184 e. The summed E-state index contributed by atoms with van der Waals surface area (Å²) in [6.45, 7) is 0. The number of rotatable bonds is 4. The van der Waals surface area contributed by atoms with Gasteiger partial charge in [-0.25, -0.2) is 15.0 Å². The van der Waals surface area contributed by atoms with Crippen LogP contribution in [0.1, 0.15) is 31.2 Å². The molecule has 0 radical (unpaired) electrons. The van der Waals surface area contributed by atoms with Crippen molar-refractivity contribution < 1.29 is 5.11 Å². The number of aliphatic hydroxyl groups is 1. The minimum atomic E-state index is -0.582. The molecule has 0 spiro atoms. The van der Waals surface area contributed by atoms with Gasteiger partial charge in [0.1, 0.15) is 5.52 Å². The van der Waals surface area contributed by atoms with Gasteiger partial charge in [0, 0.05) is 22.7 Å². The maximum absolute atomic E-state index is 10.8. The van der Waals surface area contributed by atoms with Gasteiger partial charge in [0.15, 0.2) is 11.3 Å². The van der Waals surface area contributed by atoms with Crippen LogP contribution in [0.4, 0.5) is 0 Å². The van der Waals surface area contributed by atoms with E-state index in [1.807, 2.05) is 36.4 Å². The topological polar surface area (TPSA) is 102 Å². The molecule has 0 bridgehead atoms. The third kappa shape index (κ3) is 2.97. The molecule has 0 amide bonds.